The number of fused-ring (bicyclic) bond motifs is 4. The number of hydrogen-bond donors (Lipinski definition) is 1. The molecule has 1 aliphatic heterocycles. The van der Waals surface area contributed by atoms with Crippen LogP contribution in [0.4, 0.5) is 0 Å². The fraction of sp³-hybridized carbons (Fsp3) is 0.952. The molecular weight excluding hydrogens is 300 g/mol. The summed E-state index contributed by atoms with van der Waals surface area (Å²) in [5.41, 5.74) is 0.458. The largest absolute Gasteiger partial charge is 0.393 e. The molecule has 5 fully saturated rings. The number of ether oxygens (including phenoxy) is 1. The molecule has 5 aliphatic rings. The van der Waals surface area contributed by atoms with Gasteiger partial charge in [-0.15, -0.1) is 0 Å². The van der Waals surface area contributed by atoms with Crippen molar-refractivity contribution in [1.29, 1.82) is 0 Å². The van der Waals surface area contributed by atoms with E-state index in [9.17, 15) is 9.90 Å². The van der Waals surface area contributed by atoms with E-state index in [0.29, 0.717) is 17.8 Å². The SMILES string of the molecule is CC(=O)[C@H]1CC[C@H]2[C@@H]3CC4OC45C[C@@H](O)CC[C@]5(C)[C@H]3CC[C@]12C. The average Bonchev–Trinajstić information content (AvgIpc) is 3.08. The minimum Gasteiger partial charge on any atom is -0.393 e. The van der Waals surface area contributed by atoms with Gasteiger partial charge >= 0.3 is 0 Å². The number of ketones is 1. The Morgan fingerprint density at radius 2 is 1.88 bits per heavy atom. The molecule has 0 amide bonds. The maximum atomic E-state index is 12.2. The normalized spacial score (nSPS) is 61.3. The molecule has 4 saturated carbocycles. The standard InChI is InChI=1S/C21H32O3/c1-12(22)15-4-5-16-14-10-18-21(24-18)11-13(23)6-9-20(21,3)17(14)7-8-19(15,16)2/h13-18,23H,4-11H2,1-3H3/t13-,14-,15+,16-,17-,18?,19+,20+,21?/m0/s1. The number of rotatable bonds is 1. The highest BCUT2D eigenvalue weighted by molar-refractivity contribution is 5.79. The Hall–Kier alpha value is -0.410. The molecule has 1 heterocycles. The third-order valence-corrected chi connectivity index (χ3v) is 9.55. The van der Waals surface area contributed by atoms with Crippen molar-refractivity contribution >= 4 is 5.78 Å². The van der Waals surface area contributed by atoms with Crippen LogP contribution in [0, 0.1) is 34.5 Å². The maximum Gasteiger partial charge on any atom is 0.133 e. The lowest BCUT2D eigenvalue weighted by Crippen LogP contribution is -2.58. The Bertz CT molecular complexity index is 588. The monoisotopic (exact) mass is 332 g/mol. The molecule has 3 heteroatoms. The Kier molecular flexibility index (Phi) is 3.06. The molecule has 0 aromatic carbocycles. The van der Waals surface area contributed by atoms with Gasteiger partial charge in [0.25, 0.3) is 0 Å². The highest BCUT2D eigenvalue weighted by Gasteiger charge is 2.76. The summed E-state index contributed by atoms with van der Waals surface area (Å²) in [6, 6.07) is 0. The lowest BCUT2D eigenvalue weighted by atomic mass is 9.44. The molecule has 1 spiro atoms. The average molecular weight is 332 g/mol. The number of aliphatic hydroxyl groups excluding tert-OH is 1. The smallest absolute Gasteiger partial charge is 0.133 e. The summed E-state index contributed by atoms with van der Waals surface area (Å²) in [5, 5.41) is 10.2. The number of epoxide rings is 1. The molecule has 9 atom stereocenters. The van der Waals surface area contributed by atoms with Gasteiger partial charge in [0.2, 0.25) is 0 Å². The molecule has 0 bridgehead atoms. The highest BCUT2D eigenvalue weighted by atomic mass is 16.6. The van der Waals surface area contributed by atoms with Crippen LogP contribution in [-0.2, 0) is 9.53 Å². The predicted molar refractivity (Wildman–Crippen MR) is 91.4 cm³/mol. The van der Waals surface area contributed by atoms with Crippen LogP contribution in [-0.4, -0.2) is 28.7 Å². The van der Waals surface area contributed by atoms with Crippen LogP contribution < -0.4 is 0 Å². The zero-order valence-corrected chi connectivity index (χ0v) is 15.4. The Labute approximate surface area is 145 Å². The number of Topliss-reactive ketones (excluding diaryl/α,β-unsaturated/α-hetero) is 1. The first-order valence-electron chi connectivity index (χ1n) is 10.2. The van der Waals surface area contributed by atoms with Gasteiger partial charge in [0.05, 0.1) is 12.2 Å². The minimum atomic E-state index is -0.165. The third-order valence-electron chi connectivity index (χ3n) is 9.55. The van der Waals surface area contributed by atoms with Gasteiger partial charge in [-0.2, -0.15) is 0 Å². The van der Waals surface area contributed by atoms with E-state index in [1.807, 2.05) is 6.92 Å². The van der Waals surface area contributed by atoms with E-state index in [1.54, 1.807) is 0 Å². The van der Waals surface area contributed by atoms with E-state index in [2.05, 4.69) is 13.8 Å². The minimum absolute atomic E-state index is 0.0157. The number of carbonyl (C=O) groups excluding carboxylic acids is 1. The van der Waals surface area contributed by atoms with Gasteiger partial charge < -0.3 is 9.84 Å². The molecule has 24 heavy (non-hydrogen) atoms. The Balaban J connectivity index is 1.49. The summed E-state index contributed by atoms with van der Waals surface area (Å²) in [5.74, 6) is 2.87. The first kappa shape index (κ1) is 15.8. The second-order valence-corrected chi connectivity index (χ2v) is 10.2. The van der Waals surface area contributed by atoms with Crippen molar-refractivity contribution in [3.05, 3.63) is 0 Å². The predicted octanol–water partition coefficient (Wildman–Crippen LogP) is 3.73. The van der Waals surface area contributed by atoms with Crippen molar-refractivity contribution in [2.45, 2.75) is 89.9 Å². The topological polar surface area (TPSA) is 49.8 Å². The van der Waals surface area contributed by atoms with Crippen molar-refractivity contribution in [2.24, 2.45) is 34.5 Å². The summed E-state index contributed by atoms with van der Waals surface area (Å²) in [4.78, 5) is 12.2. The molecule has 3 nitrogen and oxygen atoms in total. The first-order chi connectivity index (χ1) is 11.3. The maximum absolute atomic E-state index is 12.2. The van der Waals surface area contributed by atoms with E-state index in [1.165, 1.54) is 25.7 Å². The van der Waals surface area contributed by atoms with E-state index >= 15 is 0 Å². The van der Waals surface area contributed by atoms with E-state index in [0.717, 1.165) is 37.5 Å². The van der Waals surface area contributed by atoms with Crippen LogP contribution >= 0.6 is 0 Å². The van der Waals surface area contributed by atoms with E-state index in [4.69, 9.17) is 4.74 Å². The third kappa shape index (κ3) is 1.69. The molecule has 1 N–H and O–H groups in total. The Morgan fingerprint density at radius 3 is 2.62 bits per heavy atom. The van der Waals surface area contributed by atoms with Gasteiger partial charge in [-0.3, -0.25) is 4.79 Å². The van der Waals surface area contributed by atoms with Crippen LogP contribution in [0.1, 0.15) is 72.1 Å². The van der Waals surface area contributed by atoms with E-state index < -0.39 is 0 Å². The van der Waals surface area contributed by atoms with Crippen LogP contribution in [0.25, 0.3) is 0 Å². The van der Waals surface area contributed by atoms with Crippen molar-refractivity contribution in [3.8, 4) is 0 Å². The number of carbonyl (C=O) groups is 1. The van der Waals surface area contributed by atoms with Crippen LogP contribution in [0.5, 0.6) is 0 Å². The van der Waals surface area contributed by atoms with Gasteiger partial charge in [0, 0.05) is 17.8 Å². The van der Waals surface area contributed by atoms with E-state index in [-0.39, 0.29) is 28.5 Å². The number of hydrogen-bond acceptors (Lipinski definition) is 3. The second-order valence-electron chi connectivity index (χ2n) is 10.2. The fourth-order valence-electron chi connectivity index (χ4n) is 8.33. The Morgan fingerprint density at radius 1 is 1.08 bits per heavy atom. The summed E-state index contributed by atoms with van der Waals surface area (Å²) >= 11 is 0. The zero-order chi connectivity index (χ0) is 16.9. The first-order valence-corrected chi connectivity index (χ1v) is 10.2. The van der Waals surface area contributed by atoms with Crippen molar-refractivity contribution < 1.29 is 14.6 Å². The van der Waals surface area contributed by atoms with Gasteiger partial charge in [-0.05, 0) is 75.0 Å². The quantitative estimate of drug-likeness (QED) is 0.745. The molecular formula is C21H32O3. The van der Waals surface area contributed by atoms with Crippen LogP contribution in [0.2, 0.25) is 0 Å². The lowest BCUT2D eigenvalue weighted by molar-refractivity contribution is -0.133. The van der Waals surface area contributed by atoms with Gasteiger partial charge in [-0.25, -0.2) is 0 Å². The summed E-state index contributed by atoms with van der Waals surface area (Å²) in [6.45, 7) is 6.69. The zero-order valence-electron chi connectivity index (χ0n) is 15.4. The second kappa shape index (κ2) is 4.65. The molecule has 0 radical (unpaired) electrons. The summed E-state index contributed by atoms with van der Waals surface area (Å²) < 4.78 is 6.36. The molecule has 2 unspecified atom stereocenters. The van der Waals surface area contributed by atoms with Crippen molar-refractivity contribution in [2.75, 3.05) is 0 Å². The molecule has 5 rings (SSSR count). The van der Waals surface area contributed by atoms with Crippen molar-refractivity contribution in [1.82, 2.24) is 0 Å². The lowest BCUT2D eigenvalue weighted by Gasteiger charge is -2.59. The highest BCUT2D eigenvalue weighted by Crippen LogP contribution is 2.73. The fourth-order valence-corrected chi connectivity index (χ4v) is 8.33. The van der Waals surface area contributed by atoms with Crippen molar-refractivity contribution in [3.63, 3.8) is 0 Å². The molecule has 1 saturated heterocycles. The van der Waals surface area contributed by atoms with Gasteiger partial charge in [-0.1, -0.05) is 13.8 Å². The summed E-state index contributed by atoms with van der Waals surface area (Å²) in [6.07, 6.45) is 9.10. The molecule has 0 aromatic heterocycles. The molecule has 134 valence electrons. The molecule has 0 aromatic rings. The van der Waals surface area contributed by atoms with Crippen LogP contribution in [0.15, 0.2) is 0 Å². The number of aliphatic hydroxyl groups is 1. The van der Waals surface area contributed by atoms with Gasteiger partial charge in [0.15, 0.2) is 0 Å². The summed E-state index contributed by atoms with van der Waals surface area (Å²) in [7, 11) is 0. The van der Waals surface area contributed by atoms with Gasteiger partial charge in [0.1, 0.15) is 11.4 Å². The molecule has 4 aliphatic carbocycles. The van der Waals surface area contributed by atoms with Crippen LogP contribution in [0.3, 0.4) is 0 Å².